The molecule has 2 rings (SSSR count). The van der Waals surface area contributed by atoms with Gasteiger partial charge in [-0.15, -0.1) is 0 Å². The average molecular weight is 302 g/mol. The van der Waals surface area contributed by atoms with Crippen LogP contribution in [0.15, 0.2) is 33.4 Å². The minimum atomic E-state index is 0.633. The van der Waals surface area contributed by atoms with Crippen molar-refractivity contribution in [3.8, 4) is 11.1 Å². The average Bonchev–Trinajstić information content (AvgIpc) is 2.64. The van der Waals surface area contributed by atoms with Crippen LogP contribution in [-0.2, 0) is 0 Å². The molecule has 0 saturated heterocycles. The van der Waals surface area contributed by atoms with Gasteiger partial charge in [0.15, 0.2) is 6.29 Å². The van der Waals surface area contributed by atoms with Gasteiger partial charge in [-0.05, 0) is 45.1 Å². The summed E-state index contributed by atoms with van der Waals surface area (Å²) in [6.45, 7) is 0. The highest BCUT2D eigenvalue weighted by Gasteiger charge is 2.09. The molecular formula is C11H6BrClOS. The fraction of sp³-hybridized carbons (Fsp3) is 0. The molecule has 0 fully saturated rings. The number of aldehydes is 1. The first-order valence-electron chi connectivity index (χ1n) is 4.19. The van der Waals surface area contributed by atoms with Gasteiger partial charge in [-0.3, -0.25) is 4.79 Å². The maximum Gasteiger partial charge on any atom is 0.150 e. The van der Waals surface area contributed by atoms with E-state index in [9.17, 15) is 4.79 Å². The SMILES string of the molecule is O=Cc1ccc(Cl)cc1-c1cscc1Br. The van der Waals surface area contributed by atoms with Crippen molar-refractivity contribution >= 4 is 45.2 Å². The molecule has 0 spiro atoms. The van der Waals surface area contributed by atoms with E-state index in [2.05, 4.69) is 15.9 Å². The maximum atomic E-state index is 10.9. The quantitative estimate of drug-likeness (QED) is 0.738. The van der Waals surface area contributed by atoms with E-state index in [4.69, 9.17) is 11.6 Å². The lowest BCUT2D eigenvalue weighted by molar-refractivity contribution is 0.112. The zero-order valence-electron chi connectivity index (χ0n) is 7.54. The normalized spacial score (nSPS) is 10.3. The highest BCUT2D eigenvalue weighted by molar-refractivity contribution is 9.10. The van der Waals surface area contributed by atoms with Gasteiger partial charge in [-0.2, -0.15) is 11.3 Å². The molecular weight excluding hydrogens is 296 g/mol. The molecule has 0 atom stereocenters. The van der Waals surface area contributed by atoms with Crippen molar-refractivity contribution in [2.45, 2.75) is 0 Å². The molecule has 0 amide bonds. The van der Waals surface area contributed by atoms with Crippen molar-refractivity contribution in [1.29, 1.82) is 0 Å². The van der Waals surface area contributed by atoms with Gasteiger partial charge >= 0.3 is 0 Å². The van der Waals surface area contributed by atoms with E-state index in [1.54, 1.807) is 29.5 Å². The molecule has 0 aliphatic rings. The summed E-state index contributed by atoms with van der Waals surface area (Å²) in [5.41, 5.74) is 2.52. The minimum Gasteiger partial charge on any atom is -0.298 e. The summed E-state index contributed by atoms with van der Waals surface area (Å²) in [4.78, 5) is 10.9. The van der Waals surface area contributed by atoms with Gasteiger partial charge in [-0.1, -0.05) is 11.6 Å². The Morgan fingerprint density at radius 3 is 2.67 bits per heavy atom. The topological polar surface area (TPSA) is 17.1 Å². The Labute approximate surface area is 105 Å². The molecule has 4 heteroatoms. The third kappa shape index (κ3) is 2.14. The Morgan fingerprint density at radius 1 is 1.27 bits per heavy atom. The van der Waals surface area contributed by atoms with Crippen LogP contribution in [0.4, 0.5) is 0 Å². The molecule has 0 unspecified atom stereocenters. The molecule has 1 nitrogen and oxygen atoms in total. The van der Waals surface area contributed by atoms with Crippen molar-refractivity contribution in [3.63, 3.8) is 0 Å². The summed E-state index contributed by atoms with van der Waals surface area (Å²) in [6, 6.07) is 5.25. The molecule has 2 aromatic rings. The smallest absolute Gasteiger partial charge is 0.150 e. The van der Waals surface area contributed by atoms with Crippen LogP contribution < -0.4 is 0 Å². The van der Waals surface area contributed by atoms with E-state index in [1.165, 1.54) is 0 Å². The van der Waals surface area contributed by atoms with E-state index >= 15 is 0 Å². The molecule has 76 valence electrons. The van der Waals surface area contributed by atoms with Crippen LogP contribution in [0.2, 0.25) is 5.02 Å². The van der Waals surface area contributed by atoms with Crippen LogP contribution in [0.3, 0.4) is 0 Å². The Hall–Kier alpha value is -0.640. The first-order valence-corrected chi connectivity index (χ1v) is 6.30. The molecule has 0 aliphatic heterocycles. The van der Waals surface area contributed by atoms with Crippen LogP contribution in [0.5, 0.6) is 0 Å². The standard InChI is InChI=1S/C11H6BrClOS/c12-11-6-15-5-10(11)9-3-8(13)2-1-7(9)4-14/h1-6H. The number of hydrogen-bond acceptors (Lipinski definition) is 2. The van der Waals surface area contributed by atoms with Crippen molar-refractivity contribution in [1.82, 2.24) is 0 Å². The molecule has 0 radical (unpaired) electrons. The lowest BCUT2D eigenvalue weighted by Crippen LogP contribution is -1.86. The lowest BCUT2D eigenvalue weighted by Gasteiger charge is -2.04. The number of halogens is 2. The van der Waals surface area contributed by atoms with Gasteiger partial charge in [0.05, 0.1) is 0 Å². The molecule has 1 aromatic heterocycles. The van der Waals surface area contributed by atoms with Crippen molar-refractivity contribution < 1.29 is 4.79 Å². The second kappa shape index (κ2) is 4.47. The van der Waals surface area contributed by atoms with Crippen molar-refractivity contribution in [2.24, 2.45) is 0 Å². The largest absolute Gasteiger partial charge is 0.298 e. The van der Waals surface area contributed by atoms with E-state index in [0.717, 1.165) is 21.9 Å². The Kier molecular flexibility index (Phi) is 3.24. The van der Waals surface area contributed by atoms with Gasteiger partial charge in [0.2, 0.25) is 0 Å². The van der Waals surface area contributed by atoms with E-state index in [-0.39, 0.29) is 0 Å². The Balaban J connectivity index is 2.65. The highest BCUT2D eigenvalue weighted by atomic mass is 79.9. The van der Waals surface area contributed by atoms with Gasteiger partial charge in [0.1, 0.15) is 0 Å². The minimum absolute atomic E-state index is 0.633. The monoisotopic (exact) mass is 300 g/mol. The molecule has 1 aromatic carbocycles. The van der Waals surface area contributed by atoms with Crippen LogP contribution in [-0.4, -0.2) is 6.29 Å². The summed E-state index contributed by atoms with van der Waals surface area (Å²) in [6.07, 6.45) is 0.843. The van der Waals surface area contributed by atoms with Gasteiger partial charge < -0.3 is 0 Å². The molecule has 0 N–H and O–H groups in total. The predicted molar refractivity (Wildman–Crippen MR) is 67.9 cm³/mol. The Bertz CT molecular complexity index is 507. The van der Waals surface area contributed by atoms with Crippen LogP contribution in [0.1, 0.15) is 10.4 Å². The highest BCUT2D eigenvalue weighted by Crippen LogP contribution is 2.34. The third-order valence-electron chi connectivity index (χ3n) is 2.05. The van der Waals surface area contributed by atoms with Gasteiger partial charge in [-0.25, -0.2) is 0 Å². The summed E-state index contributed by atoms with van der Waals surface area (Å²) < 4.78 is 0.984. The predicted octanol–water partition coefficient (Wildman–Crippen LogP) is 4.64. The molecule has 0 bridgehead atoms. The molecule has 0 aliphatic carbocycles. The summed E-state index contributed by atoms with van der Waals surface area (Å²) >= 11 is 10.9. The number of thiophene rings is 1. The third-order valence-corrected chi connectivity index (χ3v) is 3.98. The van der Waals surface area contributed by atoms with Gasteiger partial charge in [0.25, 0.3) is 0 Å². The second-order valence-corrected chi connectivity index (χ2v) is 5.02. The number of carbonyl (C=O) groups excluding carboxylic acids is 1. The number of rotatable bonds is 2. The first-order chi connectivity index (χ1) is 7.22. The number of benzene rings is 1. The van der Waals surface area contributed by atoms with Gasteiger partial charge in [0, 0.05) is 26.0 Å². The number of hydrogen-bond donors (Lipinski definition) is 0. The molecule has 0 saturated carbocycles. The number of carbonyl (C=O) groups is 1. The lowest BCUT2D eigenvalue weighted by atomic mass is 10.0. The molecule has 1 heterocycles. The van der Waals surface area contributed by atoms with E-state index in [0.29, 0.717) is 10.6 Å². The zero-order chi connectivity index (χ0) is 10.8. The van der Waals surface area contributed by atoms with E-state index < -0.39 is 0 Å². The first kappa shape index (κ1) is 10.9. The van der Waals surface area contributed by atoms with Crippen LogP contribution >= 0.6 is 38.9 Å². The van der Waals surface area contributed by atoms with Crippen LogP contribution in [0, 0.1) is 0 Å². The fourth-order valence-corrected chi connectivity index (χ4v) is 3.02. The second-order valence-electron chi connectivity index (χ2n) is 2.98. The maximum absolute atomic E-state index is 10.9. The summed E-state index contributed by atoms with van der Waals surface area (Å²) in [7, 11) is 0. The Morgan fingerprint density at radius 2 is 2.07 bits per heavy atom. The van der Waals surface area contributed by atoms with E-state index in [1.807, 2.05) is 10.8 Å². The fourth-order valence-electron chi connectivity index (χ4n) is 1.34. The summed E-state index contributed by atoms with van der Waals surface area (Å²) in [5, 5.41) is 4.60. The zero-order valence-corrected chi connectivity index (χ0v) is 10.7. The van der Waals surface area contributed by atoms with Crippen LogP contribution in [0.25, 0.3) is 11.1 Å². The summed E-state index contributed by atoms with van der Waals surface area (Å²) in [5.74, 6) is 0. The molecule has 15 heavy (non-hydrogen) atoms. The van der Waals surface area contributed by atoms with Crippen molar-refractivity contribution in [2.75, 3.05) is 0 Å². The van der Waals surface area contributed by atoms with Crippen molar-refractivity contribution in [3.05, 3.63) is 44.0 Å².